The predicted molar refractivity (Wildman–Crippen MR) is 105 cm³/mol. The van der Waals surface area contributed by atoms with E-state index in [4.69, 9.17) is 0 Å². The molecule has 2 aromatic rings. The van der Waals surface area contributed by atoms with E-state index in [1.165, 1.54) is 18.4 Å². The van der Waals surface area contributed by atoms with Gasteiger partial charge in [-0.3, -0.25) is 4.99 Å². The van der Waals surface area contributed by atoms with E-state index in [0.717, 1.165) is 37.1 Å². The lowest BCUT2D eigenvalue weighted by Crippen LogP contribution is -2.41. The zero-order valence-corrected chi connectivity index (χ0v) is 16.4. The van der Waals surface area contributed by atoms with Gasteiger partial charge in [-0.2, -0.15) is 0 Å². The van der Waals surface area contributed by atoms with Crippen molar-refractivity contribution in [2.24, 2.45) is 17.5 Å². The van der Waals surface area contributed by atoms with Crippen LogP contribution in [0.25, 0.3) is 0 Å². The molecule has 0 radical (unpaired) electrons. The third kappa shape index (κ3) is 4.23. The van der Waals surface area contributed by atoms with Gasteiger partial charge < -0.3 is 14.8 Å². The third-order valence-electron chi connectivity index (χ3n) is 5.52. The van der Waals surface area contributed by atoms with Crippen molar-refractivity contribution >= 4 is 5.96 Å². The molecule has 140 valence electrons. The number of hydrogen-bond acceptors (Lipinski definition) is 3. The quantitative estimate of drug-likeness (QED) is 0.662. The van der Waals surface area contributed by atoms with Gasteiger partial charge in [0, 0.05) is 27.2 Å². The highest BCUT2D eigenvalue weighted by molar-refractivity contribution is 5.80. The van der Waals surface area contributed by atoms with Crippen LogP contribution in [0, 0.1) is 12.3 Å². The monoisotopic (exact) mass is 354 g/mol. The first kappa shape index (κ1) is 18.4. The summed E-state index contributed by atoms with van der Waals surface area (Å²) >= 11 is 0. The Hall–Kier alpha value is -2.37. The topological polar surface area (TPSA) is 58.3 Å². The minimum Gasteiger partial charge on any atom is -0.349 e. The van der Waals surface area contributed by atoms with E-state index in [9.17, 15) is 0 Å². The molecule has 0 amide bonds. The number of nitrogens with zero attached hydrogens (tertiary/aromatic N) is 5. The number of rotatable bonds is 5. The number of benzene rings is 1. The molecule has 1 aromatic carbocycles. The Kier molecular flexibility index (Phi) is 5.59. The first-order chi connectivity index (χ1) is 12.5. The van der Waals surface area contributed by atoms with Crippen LogP contribution < -0.4 is 5.32 Å². The molecule has 0 saturated carbocycles. The Morgan fingerprint density at radius 1 is 1.27 bits per heavy atom. The van der Waals surface area contributed by atoms with E-state index in [2.05, 4.69) is 62.7 Å². The molecule has 1 aliphatic heterocycles. The molecule has 1 N–H and O–H groups in total. The van der Waals surface area contributed by atoms with Crippen molar-refractivity contribution in [3.05, 3.63) is 47.5 Å². The Balaban J connectivity index is 1.54. The lowest BCUT2D eigenvalue weighted by molar-refractivity contribution is 0.308. The molecule has 1 unspecified atom stereocenters. The van der Waals surface area contributed by atoms with Gasteiger partial charge in [0.1, 0.15) is 5.82 Å². The Morgan fingerprint density at radius 2 is 2.04 bits per heavy atom. The molecule has 1 atom stereocenters. The van der Waals surface area contributed by atoms with Gasteiger partial charge >= 0.3 is 0 Å². The zero-order valence-electron chi connectivity index (χ0n) is 16.4. The van der Waals surface area contributed by atoms with E-state index >= 15 is 0 Å². The summed E-state index contributed by atoms with van der Waals surface area (Å²) in [5.74, 6) is 2.80. The number of guanidine groups is 1. The molecule has 6 nitrogen and oxygen atoms in total. The van der Waals surface area contributed by atoms with E-state index in [-0.39, 0.29) is 0 Å². The fourth-order valence-electron chi connectivity index (χ4n) is 3.59. The Morgan fingerprint density at radius 3 is 2.69 bits per heavy atom. The Labute approximate surface area is 156 Å². The Bertz CT molecular complexity index is 751. The van der Waals surface area contributed by atoms with Gasteiger partial charge in [-0.15, -0.1) is 10.2 Å². The maximum absolute atomic E-state index is 4.48. The van der Waals surface area contributed by atoms with Crippen molar-refractivity contribution in [1.82, 2.24) is 25.0 Å². The second-order valence-corrected chi connectivity index (χ2v) is 7.59. The first-order valence-electron chi connectivity index (χ1n) is 9.35. The molecule has 0 spiro atoms. The highest BCUT2D eigenvalue weighted by atomic mass is 15.3. The molecule has 1 saturated heterocycles. The van der Waals surface area contributed by atoms with Gasteiger partial charge in [-0.05, 0) is 37.2 Å². The van der Waals surface area contributed by atoms with E-state index in [1.54, 1.807) is 0 Å². The summed E-state index contributed by atoms with van der Waals surface area (Å²) in [7, 11) is 3.84. The molecule has 1 aliphatic rings. The summed E-state index contributed by atoms with van der Waals surface area (Å²) in [6.07, 6.45) is 3.53. The molecule has 1 aromatic heterocycles. The summed E-state index contributed by atoms with van der Waals surface area (Å²) in [6.45, 7) is 7.08. The van der Waals surface area contributed by atoms with E-state index in [0.29, 0.717) is 12.0 Å². The van der Waals surface area contributed by atoms with Crippen molar-refractivity contribution in [1.29, 1.82) is 0 Å². The lowest BCUT2D eigenvalue weighted by Gasteiger charge is -2.26. The van der Waals surface area contributed by atoms with Crippen LogP contribution in [0.1, 0.15) is 37.0 Å². The summed E-state index contributed by atoms with van der Waals surface area (Å²) in [6, 6.07) is 10.8. The molecule has 26 heavy (non-hydrogen) atoms. The number of aliphatic imine (C=N–C) groups is 1. The van der Waals surface area contributed by atoms with Crippen molar-refractivity contribution in [2.75, 3.05) is 20.1 Å². The van der Waals surface area contributed by atoms with Gasteiger partial charge in [-0.25, -0.2) is 0 Å². The van der Waals surface area contributed by atoms with Gasteiger partial charge in [0.15, 0.2) is 11.8 Å². The summed E-state index contributed by atoms with van der Waals surface area (Å²) < 4.78 is 2.01. The fraction of sp³-hybridized carbons (Fsp3) is 0.550. The van der Waals surface area contributed by atoms with Crippen molar-refractivity contribution in [3.8, 4) is 0 Å². The van der Waals surface area contributed by atoms with Crippen LogP contribution in [0.5, 0.6) is 0 Å². The molecule has 0 bridgehead atoms. The van der Waals surface area contributed by atoms with Crippen molar-refractivity contribution in [2.45, 2.75) is 39.7 Å². The number of nitrogens with one attached hydrogen (secondary N) is 1. The average molecular weight is 355 g/mol. The summed E-state index contributed by atoms with van der Waals surface area (Å²) in [5.41, 5.74) is 1.75. The highest BCUT2D eigenvalue weighted by Gasteiger charge is 2.34. The highest BCUT2D eigenvalue weighted by Crippen LogP contribution is 2.34. The third-order valence-corrected chi connectivity index (χ3v) is 5.52. The van der Waals surface area contributed by atoms with E-state index < -0.39 is 0 Å². The number of aromatic nitrogens is 3. The van der Waals surface area contributed by atoms with Crippen LogP contribution in [-0.4, -0.2) is 45.8 Å². The van der Waals surface area contributed by atoms with E-state index in [1.807, 2.05) is 25.6 Å². The van der Waals surface area contributed by atoms with Gasteiger partial charge in [-0.1, -0.05) is 37.3 Å². The average Bonchev–Trinajstić information content (AvgIpc) is 3.19. The molecule has 0 aliphatic carbocycles. The predicted octanol–water partition coefficient (Wildman–Crippen LogP) is 2.54. The normalized spacial score (nSPS) is 20.6. The molecule has 3 rings (SSSR count). The zero-order chi connectivity index (χ0) is 18.6. The molecule has 2 heterocycles. The molecular weight excluding hydrogens is 324 g/mol. The van der Waals surface area contributed by atoms with Crippen LogP contribution in [0.2, 0.25) is 0 Å². The molecular formula is C20H30N6. The van der Waals surface area contributed by atoms with Crippen molar-refractivity contribution in [3.63, 3.8) is 0 Å². The minimum atomic E-state index is 0.328. The minimum absolute atomic E-state index is 0.328. The van der Waals surface area contributed by atoms with Gasteiger partial charge in [0.2, 0.25) is 0 Å². The number of likely N-dealkylation sites (tertiary alicyclic amines) is 1. The smallest absolute Gasteiger partial charge is 0.194 e. The maximum atomic E-state index is 4.48. The number of hydrogen-bond donors (Lipinski definition) is 1. The van der Waals surface area contributed by atoms with Gasteiger partial charge in [0.25, 0.3) is 0 Å². The largest absolute Gasteiger partial charge is 0.349 e. The maximum Gasteiger partial charge on any atom is 0.194 e. The SMILES string of the molecule is CN=C(NCc1nnc(C)n1C)N1CCC(C)(CCc2ccccc2)C1. The summed E-state index contributed by atoms with van der Waals surface area (Å²) in [5, 5.41) is 11.8. The first-order valence-corrected chi connectivity index (χ1v) is 9.35. The van der Waals surface area contributed by atoms with Gasteiger partial charge in [0.05, 0.1) is 6.54 Å². The lowest BCUT2D eigenvalue weighted by atomic mass is 9.83. The van der Waals surface area contributed by atoms with Crippen LogP contribution in [0.15, 0.2) is 35.3 Å². The second kappa shape index (κ2) is 7.89. The second-order valence-electron chi connectivity index (χ2n) is 7.59. The number of aryl methyl sites for hydroxylation is 2. The van der Waals surface area contributed by atoms with Crippen LogP contribution in [0.4, 0.5) is 0 Å². The molecule has 1 fully saturated rings. The van der Waals surface area contributed by atoms with Crippen LogP contribution >= 0.6 is 0 Å². The summed E-state index contributed by atoms with van der Waals surface area (Å²) in [4.78, 5) is 6.85. The standard InChI is InChI=1S/C20H30N6/c1-16-23-24-18(25(16)4)14-22-19(21-3)26-13-12-20(2,15-26)11-10-17-8-6-5-7-9-17/h5-9H,10-15H2,1-4H3,(H,21,22). The fourth-order valence-corrected chi connectivity index (χ4v) is 3.59. The van der Waals surface area contributed by atoms with Crippen molar-refractivity contribution < 1.29 is 0 Å². The molecule has 6 heteroatoms. The van der Waals surface area contributed by atoms with Crippen LogP contribution in [0.3, 0.4) is 0 Å². The van der Waals surface area contributed by atoms with Crippen LogP contribution in [-0.2, 0) is 20.0 Å².